The van der Waals surface area contributed by atoms with Gasteiger partial charge in [-0.25, -0.2) is 0 Å². The number of carbonyl (C=O) groups is 1. The van der Waals surface area contributed by atoms with E-state index in [1.165, 1.54) is 103 Å². The zero-order valence-electron chi connectivity index (χ0n) is 19.0. The van der Waals surface area contributed by atoms with E-state index >= 15 is 0 Å². The third-order valence-electron chi connectivity index (χ3n) is 5.42. The summed E-state index contributed by atoms with van der Waals surface area (Å²) in [7, 11) is 0. The third-order valence-corrected chi connectivity index (χ3v) is 5.42. The summed E-state index contributed by atoms with van der Waals surface area (Å²) in [6.07, 6.45) is 24.2. The molecule has 2 heteroatoms. The highest BCUT2D eigenvalue weighted by molar-refractivity contribution is 5.69. The summed E-state index contributed by atoms with van der Waals surface area (Å²) in [6, 6.07) is 0. The van der Waals surface area contributed by atoms with Crippen molar-refractivity contribution in [3.8, 4) is 0 Å². The molecule has 0 spiro atoms. The van der Waals surface area contributed by atoms with Crippen LogP contribution in [0.2, 0.25) is 0 Å². The predicted octanol–water partition coefficient (Wildman–Crippen LogP) is 8.62. The van der Waals surface area contributed by atoms with Gasteiger partial charge in [-0.3, -0.25) is 4.79 Å². The number of rotatable bonds is 21. The molecule has 0 aliphatic rings. The fourth-order valence-corrected chi connectivity index (χ4v) is 3.55. The lowest BCUT2D eigenvalue weighted by atomic mass is 10.0. The molecule has 27 heavy (non-hydrogen) atoms. The fourth-order valence-electron chi connectivity index (χ4n) is 3.55. The minimum atomic E-state index is 0.0141. The SMILES string of the molecule is CCCCCCCCCCCCCCCC(=O)OCCCCCCC(C)C. The Morgan fingerprint density at radius 2 is 1.07 bits per heavy atom. The zero-order valence-corrected chi connectivity index (χ0v) is 19.0. The number of ether oxygens (including phenoxy) is 1. The van der Waals surface area contributed by atoms with Crippen LogP contribution in [0.5, 0.6) is 0 Å². The first-order valence-electron chi connectivity index (χ1n) is 12.3. The van der Waals surface area contributed by atoms with Crippen LogP contribution in [0.25, 0.3) is 0 Å². The molecule has 0 saturated carbocycles. The highest BCUT2D eigenvalue weighted by atomic mass is 16.5. The van der Waals surface area contributed by atoms with Crippen molar-refractivity contribution in [2.75, 3.05) is 6.61 Å². The Labute approximate surface area is 171 Å². The van der Waals surface area contributed by atoms with Gasteiger partial charge in [0.1, 0.15) is 0 Å². The number of unbranched alkanes of at least 4 members (excludes halogenated alkanes) is 15. The van der Waals surface area contributed by atoms with Gasteiger partial charge in [-0.2, -0.15) is 0 Å². The lowest BCUT2D eigenvalue weighted by Gasteiger charge is -2.06. The molecule has 0 N–H and O–H groups in total. The van der Waals surface area contributed by atoms with Gasteiger partial charge in [0, 0.05) is 6.42 Å². The minimum absolute atomic E-state index is 0.0141. The zero-order chi connectivity index (χ0) is 20.0. The molecule has 0 aromatic rings. The van der Waals surface area contributed by atoms with Gasteiger partial charge in [-0.1, -0.05) is 124 Å². The van der Waals surface area contributed by atoms with E-state index in [-0.39, 0.29) is 5.97 Å². The molecule has 0 bridgehead atoms. The van der Waals surface area contributed by atoms with Gasteiger partial charge in [-0.05, 0) is 18.8 Å². The van der Waals surface area contributed by atoms with Crippen LogP contribution in [0.4, 0.5) is 0 Å². The summed E-state index contributed by atoms with van der Waals surface area (Å²) < 4.78 is 5.34. The number of carbonyl (C=O) groups excluding carboxylic acids is 1. The van der Waals surface area contributed by atoms with Crippen molar-refractivity contribution >= 4 is 5.97 Å². The minimum Gasteiger partial charge on any atom is -0.466 e. The molecule has 0 saturated heterocycles. The molecule has 0 fully saturated rings. The van der Waals surface area contributed by atoms with E-state index in [0.717, 1.165) is 18.8 Å². The molecule has 0 aliphatic heterocycles. The first-order valence-corrected chi connectivity index (χ1v) is 12.3. The lowest BCUT2D eigenvalue weighted by molar-refractivity contribution is -0.143. The normalized spacial score (nSPS) is 11.3. The van der Waals surface area contributed by atoms with Crippen molar-refractivity contribution in [1.29, 1.82) is 0 Å². The predicted molar refractivity (Wildman–Crippen MR) is 119 cm³/mol. The van der Waals surface area contributed by atoms with E-state index in [2.05, 4.69) is 20.8 Å². The van der Waals surface area contributed by atoms with E-state index in [9.17, 15) is 4.79 Å². The second-order valence-corrected chi connectivity index (χ2v) is 8.81. The summed E-state index contributed by atoms with van der Waals surface area (Å²) in [6.45, 7) is 7.45. The van der Waals surface area contributed by atoms with Crippen LogP contribution >= 0.6 is 0 Å². The summed E-state index contributed by atoms with van der Waals surface area (Å²) >= 11 is 0. The number of esters is 1. The summed E-state index contributed by atoms with van der Waals surface area (Å²) in [4.78, 5) is 11.7. The van der Waals surface area contributed by atoms with Crippen molar-refractivity contribution in [1.82, 2.24) is 0 Å². The van der Waals surface area contributed by atoms with Crippen molar-refractivity contribution in [3.05, 3.63) is 0 Å². The van der Waals surface area contributed by atoms with Crippen molar-refractivity contribution in [2.45, 2.75) is 143 Å². The molecule has 0 atom stereocenters. The Balaban J connectivity index is 3.14. The van der Waals surface area contributed by atoms with E-state index in [4.69, 9.17) is 4.74 Å². The Bertz CT molecular complexity index is 299. The average molecular weight is 383 g/mol. The molecule has 0 aromatic heterocycles. The molecule has 0 heterocycles. The largest absolute Gasteiger partial charge is 0.466 e. The van der Waals surface area contributed by atoms with Crippen LogP contribution in [-0.2, 0) is 9.53 Å². The summed E-state index contributed by atoms with van der Waals surface area (Å²) in [5.41, 5.74) is 0. The highest BCUT2D eigenvalue weighted by Crippen LogP contribution is 2.13. The average Bonchev–Trinajstić information content (AvgIpc) is 2.64. The van der Waals surface area contributed by atoms with Gasteiger partial charge in [0.25, 0.3) is 0 Å². The third kappa shape index (κ3) is 23.4. The lowest BCUT2D eigenvalue weighted by Crippen LogP contribution is -2.05. The molecule has 0 unspecified atom stereocenters. The molecule has 0 amide bonds. The molecular formula is C25H50O2. The summed E-state index contributed by atoms with van der Waals surface area (Å²) in [5, 5.41) is 0. The maximum Gasteiger partial charge on any atom is 0.305 e. The van der Waals surface area contributed by atoms with Crippen LogP contribution < -0.4 is 0 Å². The highest BCUT2D eigenvalue weighted by Gasteiger charge is 2.02. The van der Waals surface area contributed by atoms with Crippen molar-refractivity contribution in [3.63, 3.8) is 0 Å². The monoisotopic (exact) mass is 382 g/mol. The molecule has 2 nitrogen and oxygen atoms in total. The Kier molecular flexibility index (Phi) is 21.3. The van der Waals surface area contributed by atoms with Gasteiger partial charge in [0.05, 0.1) is 6.61 Å². The number of hydrogen-bond donors (Lipinski definition) is 0. The maximum absolute atomic E-state index is 11.7. The standard InChI is InChI=1S/C25H50O2/c1-4-5-6-7-8-9-10-11-12-13-14-15-19-22-25(26)27-23-20-17-16-18-21-24(2)3/h24H,4-23H2,1-3H3. The van der Waals surface area contributed by atoms with Crippen LogP contribution in [-0.4, -0.2) is 12.6 Å². The fraction of sp³-hybridized carbons (Fsp3) is 0.960. The second kappa shape index (κ2) is 21.8. The summed E-state index contributed by atoms with van der Waals surface area (Å²) in [5.74, 6) is 0.823. The van der Waals surface area contributed by atoms with Gasteiger partial charge < -0.3 is 4.74 Å². The quantitative estimate of drug-likeness (QED) is 0.147. The van der Waals surface area contributed by atoms with Crippen LogP contribution in [0.3, 0.4) is 0 Å². The van der Waals surface area contributed by atoms with Gasteiger partial charge in [0.15, 0.2) is 0 Å². The molecule has 162 valence electrons. The topological polar surface area (TPSA) is 26.3 Å². The van der Waals surface area contributed by atoms with Crippen LogP contribution in [0.1, 0.15) is 143 Å². The molecule has 0 radical (unpaired) electrons. The van der Waals surface area contributed by atoms with E-state index in [1.807, 2.05) is 0 Å². The second-order valence-electron chi connectivity index (χ2n) is 8.81. The molecular weight excluding hydrogens is 332 g/mol. The number of hydrogen-bond acceptors (Lipinski definition) is 2. The van der Waals surface area contributed by atoms with Crippen LogP contribution in [0, 0.1) is 5.92 Å². The van der Waals surface area contributed by atoms with E-state index in [0.29, 0.717) is 13.0 Å². The Morgan fingerprint density at radius 3 is 1.59 bits per heavy atom. The first kappa shape index (κ1) is 26.5. The van der Waals surface area contributed by atoms with Crippen molar-refractivity contribution in [2.24, 2.45) is 5.92 Å². The van der Waals surface area contributed by atoms with E-state index in [1.54, 1.807) is 0 Å². The first-order chi connectivity index (χ1) is 13.2. The van der Waals surface area contributed by atoms with Crippen LogP contribution in [0.15, 0.2) is 0 Å². The Morgan fingerprint density at radius 1 is 0.630 bits per heavy atom. The van der Waals surface area contributed by atoms with E-state index < -0.39 is 0 Å². The Hall–Kier alpha value is -0.530. The molecule has 0 aromatic carbocycles. The van der Waals surface area contributed by atoms with Gasteiger partial charge in [-0.15, -0.1) is 0 Å². The van der Waals surface area contributed by atoms with Gasteiger partial charge >= 0.3 is 5.97 Å². The molecule has 0 rings (SSSR count). The smallest absolute Gasteiger partial charge is 0.305 e. The molecule has 0 aliphatic carbocycles. The van der Waals surface area contributed by atoms with Gasteiger partial charge in [0.2, 0.25) is 0 Å². The van der Waals surface area contributed by atoms with Crippen molar-refractivity contribution < 1.29 is 9.53 Å². The maximum atomic E-state index is 11.7.